The number of likely N-dealkylation sites (tertiary alicyclic amines) is 1. The zero-order valence-corrected chi connectivity index (χ0v) is 15.4. The van der Waals surface area contributed by atoms with Gasteiger partial charge in [-0.25, -0.2) is 0 Å². The number of quaternary nitrogens is 2. The topological polar surface area (TPSA) is 59.4 Å². The molecule has 0 radical (unpaired) electrons. The van der Waals surface area contributed by atoms with Gasteiger partial charge in [0.25, 0.3) is 5.91 Å². The van der Waals surface area contributed by atoms with E-state index in [2.05, 4.69) is 41.0 Å². The van der Waals surface area contributed by atoms with E-state index in [1.165, 1.54) is 18.7 Å². The zero-order chi connectivity index (χ0) is 18.2. The van der Waals surface area contributed by atoms with E-state index in [4.69, 9.17) is 4.74 Å². The van der Waals surface area contributed by atoms with Crippen LogP contribution in [0.1, 0.15) is 18.4 Å². The number of amides is 1. The standard InChI is InChI=1S/C21H27N3O2/c1-26-20-10-6-5-9-19(20)23-21(25)15-22-18-11-13-24(14-12-18)16-17-7-3-2-4-8-17/h2-10,18,22H,11-16H2,1H3,(H,23,25)/p+2. The molecule has 0 atom stereocenters. The van der Waals surface area contributed by atoms with Crippen LogP contribution in [0.15, 0.2) is 54.6 Å². The lowest BCUT2D eigenvalue weighted by molar-refractivity contribution is -0.925. The van der Waals surface area contributed by atoms with Crippen LogP contribution >= 0.6 is 0 Å². The maximum Gasteiger partial charge on any atom is 0.279 e. The fraction of sp³-hybridized carbons (Fsp3) is 0.381. The summed E-state index contributed by atoms with van der Waals surface area (Å²) in [7, 11) is 1.61. The molecule has 1 aliphatic rings. The molecule has 0 bridgehead atoms. The van der Waals surface area contributed by atoms with Crippen LogP contribution in [0, 0.1) is 0 Å². The van der Waals surface area contributed by atoms with E-state index in [-0.39, 0.29) is 5.91 Å². The Kier molecular flexibility index (Phi) is 6.63. The third-order valence-electron chi connectivity index (χ3n) is 5.05. The highest BCUT2D eigenvalue weighted by molar-refractivity contribution is 5.92. The summed E-state index contributed by atoms with van der Waals surface area (Å²) in [6, 6.07) is 18.7. The lowest BCUT2D eigenvalue weighted by atomic mass is 10.0. The van der Waals surface area contributed by atoms with Crippen molar-refractivity contribution < 1.29 is 19.7 Å². The normalized spacial score (nSPS) is 19.7. The molecule has 1 saturated heterocycles. The number of hydrogen-bond donors (Lipinski definition) is 3. The Labute approximate surface area is 155 Å². The number of methoxy groups -OCH3 is 1. The van der Waals surface area contributed by atoms with Gasteiger partial charge in [-0.05, 0) is 12.1 Å². The van der Waals surface area contributed by atoms with Gasteiger partial charge in [0.1, 0.15) is 12.3 Å². The van der Waals surface area contributed by atoms with Gasteiger partial charge >= 0.3 is 0 Å². The Balaban J connectivity index is 1.39. The highest BCUT2D eigenvalue weighted by Gasteiger charge is 2.25. The molecule has 1 heterocycles. The second-order valence-electron chi connectivity index (χ2n) is 6.94. The van der Waals surface area contributed by atoms with E-state index in [1.54, 1.807) is 12.0 Å². The number of carbonyl (C=O) groups is 1. The van der Waals surface area contributed by atoms with Gasteiger partial charge in [-0.15, -0.1) is 0 Å². The predicted octanol–water partition coefficient (Wildman–Crippen LogP) is 0.445. The average molecular weight is 355 g/mol. The molecule has 2 aromatic rings. The van der Waals surface area contributed by atoms with E-state index < -0.39 is 0 Å². The van der Waals surface area contributed by atoms with Crippen molar-refractivity contribution in [2.24, 2.45) is 0 Å². The maximum absolute atomic E-state index is 12.2. The molecule has 138 valence electrons. The van der Waals surface area contributed by atoms with Crippen molar-refractivity contribution in [3.8, 4) is 5.75 Å². The number of para-hydroxylation sites is 2. The number of rotatable bonds is 7. The minimum atomic E-state index is 0.0218. The molecule has 26 heavy (non-hydrogen) atoms. The second-order valence-corrected chi connectivity index (χ2v) is 6.94. The lowest BCUT2D eigenvalue weighted by Gasteiger charge is -2.28. The molecule has 1 aliphatic heterocycles. The third kappa shape index (κ3) is 5.31. The van der Waals surface area contributed by atoms with Crippen LogP contribution < -0.4 is 20.3 Å². The van der Waals surface area contributed by atoms with Crippen molar-refractivity contribution in [3.63, 3.8) is 0 Å². The minimum Gasteiger partial charge on any atom is -0.495 e. The van der Waals surface area contributed by atoms with Crippen LogP contribution in [0.25, 0.3) is 0 Å². The number of nitrogens with one attached hydrogen (secondary N) is 2. The molecule has 1 amide bonds. The Morgan fingerprint density at radius 2 is 1.81 bits per heavy atom. The Hall–Kier alpha value is -2.37. The summed E-state index contributed by atoms with van der Waals surface area (Å²) in [5, 5.41) is 5.13. The summed E-state index contributed by atoms with van der Waals surface area (Å²) < 4.78 is 5.27. The van der Waals surface area contributed by atoms with Gasteiger partial charge in [-0.3, -0.25) is 4.79 Å². The molecule has 0 spiro atoms. The first-order chi connectivity index (χ1) is 12.7. The molecule has 5 heteroatoms. The first-order valence-electron chi connectivity index (χ1n) is 9.38. The zero-order valence-electron chi connectivity index (χ0n) is 15.4. The number of piperidine rings is 1. The van der Waals surface area contributed by atoms with E-state index in [0.29, 0.717) is 18.3 Å². The molecule has 0 unspecified atom stereocenters. The van der Waals surface area contributed by atoms with Crippen LogP contribution in [0.2, 0.25) is 0 Å². The van der Waals surface area contributed by atoms with Crippen molar-refractivity contribution in [1.29, 1.82) is 0 Å². The molecule has 3 rings (SSSR count). The van der Waals surface area contributed by atoms with Crippen molar-refractivity contribution in [3.05, 3.63) is 60.2 Å². The number of hydrogen-bond acceptors (Lipinski definition) is 2. The molecule has 0 aromatic heterocycles. The highest BCUT2D eigenvalue weighted by atomic mass is 16.5. The Bertz CT molecular complexity index is 697. The molecule has 1 fully saturated rings. The third-order valence-corrected chi connectivity index (χ3v) is 5.05. The summed E-state index contributed by atoms with van der Waals surface area (Å²) in [4.78, 5) is 13.9. The van der Waals surface area contributed by atoms with Gasteiger partial charge in [0.2, 0.25) is 0 Å². The lowest BCUT2D eigenvalue weighted by Crippen LogP contribution is -3.13. The Morgan fingerprint density at radius 1 is 1.12 bits per heavy atom. The van der Waals surface area contributed by atoms with E-state index in [9.17, 15) is 4.79 Å². The Morgan fingerprint density at radius 3 is 2.54 bits per heavy atom. The summed E-state index contributed by atoms with van der Waals surface area (Å²) in [5.41, 5.74) is 2.14. The van der Waals surface area contributed by atoms with Crippen molar-refractivity contribution >= 4 is 11.6 Å². The number of anilines is 1. The number of ether oxygens (including phenoxy) is 1. The number of nitrogens with two attached hydrogens (primary N) is 1. The molecule has 4 N–H and O–H groups in total. The van der Waals surface area contributed by atoms with Gasteiger partial charge in [0.05, 0.1) is 31.9 Å². The van der Waals surface area contributed by atoms with Crippen LogP contribution in [0.5, 0.6) is 5.75 Å². The fourth-order valence-corrected chi connectivity index (χ4v) is 3.57. The van der Waals surface area contributed by atoms with Gasteiger partial charge in [0.15, 0.2) is 6.54 Å². The second kappa shape index (κ2) is 9.36. The largest absolute Gasteiger partial charge is 0.495 e. The van der Waals surface area contributed by atoms with Crippen LogP contribution in [-0.2, 0) is 11.3 Å². The van der Waals surface area contributed by atoms with Crippen LogP contribution in [0.3, 0.4) is 0 Å². The summed E-state index contributed by atoms with van der Waals surface area (Å²) >= 11 is 0. The summed E-state index contributed by atoms with van der Waals surface area (Å²) in [5.74, 6) is 0.715. The van der Waals surface area contributed by atoms with E-state index >= 15 is 0 Å². The molecule has 0 saturated carbocycles. The first-order valence-corrected chi connectivity index (χ1v) is 9.38. The number of carbonyl (C=O) groups excluding carboxylic acids is 1. The number of benzene rings is 2. The SMILES string of the molecule is COc1ccccc1NC(=O)C[NH2+]C1CC[NH+](Cc2ccccc2)CC1. The van der Waals surface area contributed by atoms with Gasteiger partial charge < -0.3 is 20.3 Å². The van der Waals surface area contributed by atoms with Crippen molar-refractivity contribution in [2.75, 3.05) is 32.1 Å². The predicted molar refractivity (Wildman–Crippen MR) is 102 cm³/mol. The monoisotopic (exact) mass is 355 g/mol. The van der Waals surface area contributed by atoms with Gasteiger partial charge in [-0.1, -0.05) is 42.5 Å². The summed E-state index contributed by atoms with van der Waals surface area (Å²) in [6.45, 7) is 3.90. The van der Waals surface area contributed by atoms with E-state index in [0.717, 1.165) is 25.1 Å². The van der Waals surface area contributed by atoms with Crippen LogP contribution in [0.4, 0.5) is 5.69 Å². The van der Waals surface area contributed by atoms with Crippen molar-refractivity contribution in [1.82, 2.24) is 0 Å². The quantitative estimate of drug-likeness (QED) is 0.675. The smallest absolute Gasteiger partial charge is 0.279 e. The average Bonchev–Trinajstić information content (AvgIpc) is 2.69. The highest BCUT2D eigenvalue weighted by Crippen LogP contribution is 2.22. The first kappa shape index (κ1) is 18.4. The fourth-order valence-electron chi connectivity index (χ4n) is 3.57. The van der Waals surface area contributed by atoms with Gasteiger partial charge in [0, 0.05) is 18.4 Å². The summed E-state index contributed by atoms with van der Waals surface area (Å²) in [6.07, 6.45) is 2.31. The minimum absolute atomic E-state index is 0.0218. The van der Waals surface area contributed by atoms with Crippen LogP contribution in [-0.4, -0.2) is 38.7 Å². The van der Waals surface area contributed by atoms with Gasteiger partial charge in [-0.2, -0.15) is 0 Å². The maximum atomic E-state index is 12.2. The molecular weight excluding hydrogens is 326 g/mol. The molecule has 2 aromatic carbocycles. The van der Waals surface area contributed by atoms with E-state index in [1.807, 2.05) is 24.3 Å². The molecule has 5 nitrogen and oxygen atoms in total. The molecular formula is C21H29N3O2+2. The van der Waals surface area contributed by atoms with Crippen molar-refractivity contribution in [2.45, 2.75) is 25.4 Å². The molecule has 0 aliphatic carbocycles.